The molecule has 2 rings (SSSR count). The van der Waals surface area contributed by atoms with Gasteiger partial charge in [-0.2, -0.15) is 0 Å². The summed E-state index contributed by atoms with van der Waals surface area (Å²) in [6.45, 7) is 1.73. The molecule has 6 nitrogen and oxygen atoms in total. The van der Waals surface area contributed by atoms with Gasteiger partial charge in [-0.25, -0.2) is 0 Å². The van der Waals surface area contributed by atoms with Crippen molar-refractivity contribution in [1.29, 1.82) is 0 Å². The van der Waals surface area contributed by atoms with Crippen LogP contribution in [0.25, 0.3) is 0 Å². The van der Waals surface area contributed by atoms with E-state index in [9.17, 15) is 9.59 Å². The van der Waals surface area contributed by atoms with E-state index in [4.69, 9.17) is 28.6 Å². The molecule has 0 saturated carbocycles. The summed E-state index contributed by atoms with van der Waals surface area (Å²) >= 11 is 10.7. The Morgan fingerprint density at radius 1 is 1.12 bits per heavy atom. The Morgan fingerprint density at radius 2 is 1.84 bits per heavy atom. The molecule has 2 amide bonds. The lowest BCUT2D eigenvalue weighted by Crippen LogP contribution is -2.49. The van der Waals surface area contributed by atoms with Crippen molar-refractivity contribution < 1.29 is 14.3 Å². The van der Waals surface area contributed by atoms with Crippen LogP contribution in [-0.2, 0) is 4.79 Å². The minimum Gasteiger partial charge on any atom is -0.484 e. The highest BCUT2D eigenvalue weighted by Gasteiger charge is 2.08. The largest absolute Gasteiger partial charge is 0.484 e. The highest BCUT2D eigenvalue weighted by Crippen LogP contribution is 2.12. The average molecular weight is 378 g/mol. The van der Waals surface area contributed by atoms with E-state index in [1.54, 1.807) is 30.3 Å². The summed E-state index contributed by atoms with van der Waals surface area (Å²) in [7, 11) is 0. The van der Waals surface area contributed by atoms with Gasteiger partial charge >= 0.3 is 0 Å². The summed E-state index contributed by atoms with van der Waals surface area (Å²) in [5.41, 5.74) is 6.25. The smallest absolute Gasteiger partial charge is 0.269 e. The fourth-order valence-corrected chi connectivity index (χ4v) is 2.13. The van der Waals surface area contributed by atoms with Crippen LogP contribution in [0.2, 0.25) is 5.02 Å². The van der Waals surface area contributed by atoms with Gasteiger partial charge in [0.25, 0.3) is 11.8 Å². The van der Waals surface area contributed by atoms with Gasteiger partial charge in [0.15, 0.2) is 11.7 Å². The molecule has 0 unspecified atom stereocenters. The summed E-state index contributed by atoms with van der Waals surface area (Å²) in [6.07, 6.45) is 0. The highest BCUT2D eigenvalue weighted by atomic mass is 35.5. The first-order chi connectivity index (χ1) is 11.9. The molecule has 0 bridgehead atoms. The van der Waals surface area contributed by atoms with Gasteiger partial charge in [-0.1, -0.05) is 23.7 Å². The molecular weight excluding hydrogens is 362 g/mol. The van der Waals surface area contributed by atoms with E-state index in [1.807, 2.05) is 25.1 Å². The number of rotatable bonds is 4. The van der Waals surface area contributed by atoms with Crippen LogP contribution in [0.5, 0.6) is 5.75 Å². The number of amides is 2. The number of carbonyl (C=O) groups excluding carboxylic acids is 2. The number of aryl methyl sites for hydroxylation is 1. The summed E-state index contributed by atoms with van der Waals surface area (Å²) < 4.78 is 5.36. The molecule has 2 aromatic carbocycles. The number of ether oxygens (including phenoxy) is 1. The van der Waals surface area contributed by atoms with Gasteiger partial charge in [-0.15, -0.1) is 0 Å². The lowest BCUT2D eigenvalue weighted by molar-refractivity contribution is -0.121. The van der Waals surface area contributed by atoms with Gasteiger partial charge in [0.2, 0.25) is 0 Å². The molecule has 0 fully saturated rings. The van der Waals surface area contributed by atoms with Gasteiger partial charge in [0.05, 0.1) is 0 Å². The summed E-state index contributed by atoms with van der Waals surface area (Å²) in [5, 5.41) is 2.89. The quantitative estimate of drug-likeness (QED) is 0.563. The van der Waals surface area contributed by atoms with Crippen molar-refractivity contribution in [3.05, 3.63) is 64.7 Å². The predicted octanol–water partition coefficient (Wildman–Crippen LogP) is 2.36. The van der Waals surface area contributed by atoms with E-state index in [0.717, 1.165) is 5.56 Å². The van der Waals surface area contributed by atoms with Crippen molar-refractivity contribution in [2.24, 2.45) is 0 Å². The van der Waals surface area contributed by atoms with E-state index in [0.29, 0.717) is 16.3 Å². The van der Waals surface area contributed by atoms with E-state index in [2.05, 4.69) is 16.2 Å². The standard InChI is InChI=1S/C17H16ClN3O3S/c1-11-3-2-4-14(9-11)24-10-15(22)19-17(25)21-20-16(23)12-5-7-13(18)8-6-12/h2-9H,10H2,1H3,(H,20,23)(H2,19,21,22,25). The van der Waals surface area contributed by atoms with Crippen LogP contribution in [0.3, 0.4) is 0 Å². The zero-order chi connectivity index (χ0) is 18.2. The van der Waals surface area contributed by atoms with Crippen LogP contribution in [0, 0.1) is 6.92 Å². The molecule has 0 aliphatic rings. The second kappa shape index (κ2) is 9.00. The van der Waals surface area contributed by atoms with Crippen molar-refractivity contribution >= 4 is 40.7 Å². The number of hydrogen-bond donors (Lipinski definition) is 3. The number of hydrogen-bond acceptors (Lipinski definition) is 4. The lowest BCUT2D eigenvalue weighted by atomic mass is 10.2. The molecule has 0 aliphatic carbocycles. The van der Waals surface area contributed by atoms with Crippen molar-refractivity contribution in [3.8, 4) is 5.75 Å². The maximum absolute atomic E-state index is 11.9. The molecule has 0 aromatic heterocycles. The summed E-state index contributed by atoms with van der Waals surface area (Å²) in [4.78, 5) is 23.6. The first kappa shape index (κ1) is 18.7. The Bertz CT molecular complexity index is 781. The van der Waals surface area contributed by atoms with E-state index < -0.39 is 11.8 Å². The third-order valence-electron chi connectivity index (χ3n) is 3.01. The Hall–Kier alpha value is -2.64. The van der Waals surface area contributed by atoms with Gasteiger partial charge in [0.1, 0.15) is 5.75 Å². The zero-order valence-electron chi connectivity index (χ0n) is 13.3. The van der Waals surface area contributed by atoms with Crippen molar-refractivity contribution in [3.63, 3.8) is 0 Å². The molecule has 0 radical (unpaired) electrons. The molecular formula is C17H16ClN3O3S. The van der Waals surface area contributed by atoms with Crippen molar-refractivity contribution in [2.45, 2.75) is 6.92 Å². The van der Waals surface area contributed by atoms with Gasteiger partial charge < -0.3 is 4.74 Å². The van der Waals surface area contributed by atoms with Crippen molar-refractivity contribution in [2.75, 3.05) is 6.61 Å². The average Bonchev–Trinajstić information content (AvgIpc) is 2.58. The SMILES string of the molecule is Cc1cccc(OCC(=O)NC(=S)NNC(=O)c2ccc(Cl)cc2)c1. The molecule has 0 saturated heterocycles. The fourth-order valence-electron chi connectivity index (χ4n) is 1.83. The third kappa shape index (κ3) is 6.40. The van der Waals surface area contributed by atoms with Gasteiger partial charge in [-0.3, -0.25) is 25.8 Å². The molecule has 25 heavy (non-hydrogen) atoms. The van der Waals surface area contributed by atoms with E-state index in [-0.39, 0.29) is 11.7 Å². The second-order valence-electron chi connectivity index (χ2n) is 5.07. The van der Waals surface area contributed by atoms with Crippen molar-refractivity contribution in [1.82, 2.24) is 16.2 Å². The topological polar surface area (TPSA) is 79.5 Å². The number of thiocarbonyl (C=S) groups is 1. The van der Waals surface area contributed by atoms with Crippen LogP contribution in [0.4, 0.5) is 0 Å². The first-order valence-corrected chi connectivity index (χ1v) is 8.08. The maximum atomic E-state index is 11.9. The fraction of sp³-hybridized carbons (Fsp3) is 0.118. The summed E-state index contributed by atoms with van der Waals surface area (Å²) in [6, 6.07) is 13.7. The van der Waals surface area contributed by atoms with E-state index in [1.165, 1.54) is 0 Å². The number of carbonyl (C=O) groups is 2. The third-order valence-corrected chi connectivity index (χ3v) is 3.46. The Kier molecular flexibility index (Phi) is 6.73. The number of halogens is 1. The first-order valence-electron chi connectivity index (χ1n) is 7.29. The Labute approximate surface area is 155 Å². The number of hydrazine groups is 1. The van der Waals surface area contributed by atoms with Gasteiger partial charge in [0, 0.05) is 10.6 Å². The number of benzene rings is 2. The van der Waals surface area contributed by atoms with Crippen LogP contribution in [0.1, 0.15) is 15.9 Å². The van der Waals surface area contributed by atoms with Gasteiger partial charge in [-0.05, 0) is 61.1 Å². The zero-order valence-corrected chi connectivity index (χ0v) is 14.9. The number of nitrogens with one attached hydrogen (secondary N) is 3. The minimum absolute atomic E-state index is 0.0415. The van der Waals surface area contributed by atoms with Crippen LogP contribution in [-0.4, -0.2) is 23.5 Å². The Balaban J connectivity index is 1.73. The molecule has 8 heteroatoms. The second-order valence-corrected chi connectivity index (χ2v) is 5.91. The molecule has 0 spiro atoms. The highest BCUT2D eigenvalue weighted by molar-refractivity contribution is 7.80. The minimum atomic E-state index is -0.445. The molecule has 2 aromatic rings. The molecule has 0 aliphatic heterocycles. The molecule has 130 valence electrons. The lowest BCUT2D eigenvalue weighted by Gasteiger charge is -2.11. The maximum Gasteiger partial charge on any atom is 0.269 e. The van der Waals surface area contributed by atoms with Crippen LogP contribution < -0.4 is 20.9 Å². The van der Waals surface area contributed by atoms with Crippen LogP contribution in [0.15, 0.2) is 48.5 Å². The predicted molar refractivity (Wildman–Crippen MR) is 99.5 cm³/mol. The monoisotopic (exact) mass is 377 g/mol. The van der Waals surface area contributed by atoms with E-state index >= 15 is 0 Å². The molecule has 0 heterocycles. The normalized spacial score (nSPS) is 9.84. The Morgan fingerprint density at radius 3 is 2.52 bits per heavy atom. The molecule has 0 atom stereocenters. The summed E-state index contributed by atoms with van der Waals surface area (Å²) in [5.74, 6) is -0.269. The molecule has 3 N–H and O–H groups in total. The van der Waals surface area contributed by atoms with Crippen LogP contribution >= 0.6 is 23.8 Å².